The van der Waals surface area contributed by atoms with Gasteiger partial charge in [0.15, 0.2) is 6.10 Å². The fraction of sp³-hybridized carbons (Fsp3) is 0.945. The van der Waals surface area contributed by atoms with E-state index in [0.717, 1.165) is 63.7 Å². The number of esters is 3. The molecule has 0 N–H and O–H groups in total. The first kappa shape index (κ1) is 59.4. The third kappa shape index (κ3) is 49.3. The molecule has 6 heteroatoms. The van der Waals surface area contributed by atoms with Crippen LogP contribution in [0, 0.1) is 5.92 Å². The Balaban J connectivity index is 4.28. The molecule has 0 unspecified atom stereocenters. The number of hydrogen-bond acceptors (Lipinski definition) is 6. The highest BCUT2D eigenvalue weighted by atomic mass is 16.6. The summed E-state index contributed by atoms with van der Waals surface area (Å²) in [5, 5.41) is 0. The van der Waals surface area contributed by atoms with E-state index in [1.165, 1.54) is 205 Å². The molecule has 6 nitrogen and oxygen atoms in total. The van der Waals surface area contributed by atoms with Crippen molar-refractivity contribution in [3.8, 4) is 0 Å². The van der Waals surface area contributed by atoms with Gasteiger partial charge >= 0.3 is 17.9 Å². The molecule has 0 aromatic carbocycles. The molecule has 0 radical (unpaired) electrons. The summed E-state index contributed by atoms with van der Waals surface area (Å²) in [6.07, 6.45) is 52.3. The Kier molecular flexibility index (Phi) is 48.1. The van der Waals surface area contributed by atoms with Crippen LogP contribution in [0.25, 0.3) is 0 Å². The highest BCUT2D eigenvalue weighted by Crippen LogP contribution is 2.17. The summed E-state index contributed by atoms with van der Waals surface area (Å²) in [7, 11) is 0. The van der Waals surface area contributed by atoms with Crippen LogP contribution in [0.15, 0.2) is 0 Å². The summed E-state index contributed by atoms with van der Waals surface area (Å²) in [4.78, 5) is 38.0. The Hall–Kier alpha value is -1.59. The van der Waals surface area contributed by atoms with E-state index in [9.17, 15) is 14.4 Å². The molecule has 0 aromatic rings. The van der Waals surface area contributed by atoms with Gasteiger partial charge in [0.1, 0.15) is 13.2 Å². The molecule has 0 rings (SSSR count). The fourth-order valence-corrected chi connectivity index (χ4v) is 8.39. The van der Waals surface area contributed by atoms with Gasteiger partial charge in [-0.1, -0.05) is 272 Å². The van der Waals surface area contributed by atoms with Gasteiger partial charge in [-0.25, -0.2) is 0 Å². The van der Waals surface area contributed by atoms with Crippen molar-refractivity contribution in [1.82, 2.24) is 0 Å². The van der Waals surface area contributed by atoms with Gasteiger partial charge < -0.3 is 14.2 Å². The molecule has 0 saturated carbocycles. The maximum atomic E-state index is 12.8. The number of hydrogen-bond donors (Lipinski definition) is 0. The van der Waals surface area contributed by atoms with Gasteiger partial charge in [-0.05, 0) is 25.2 Å². The minimum Gasteiger partial charge on any atom is -0.462 e. The number of carbonyl (C=O) groups is 3. The quantitative estimate of drug-likeness (QED) is 0.0344. The van der Waals surface area contributed by atoms with Gasteiger partial charge in [-0.3, -0.25) is 14.4 Å². The largest absolute Gasteiger partial charge is 0.462 e. The Morgan fingerprint density at radius 3 is 0.803 bits per heavy atom. The molecule has 0 spiro atoms. The van der Waals surface area contributed by atoms with Crippen molar-refractivity contribution in [2.75, 3.05) is 13.2 Å². The lowest BCUT2D eigenvalue weighted by molar-refractivity contribution is -0.167. The topological polar surface area (TPSA) is 78.9 Å². The van der Waals surface area contributed by atoms with E-state index in [-0.39, 0.29) is 31.1 Å². The van der Waals surface area contributed by atoms with Crippen LogP contribution in [-0.2, 0) is 28.6 Å². The second-order valence-corrected chi connectivity index (χ2v) is 19.3. The van der Waals surface area contributed by atoms with Crippen LogP contribution in [0.3, 0.4) is 0 Å². The zero-order valence-electron chi connectivity index (χ0n) is 41.6. The van der Waals surface area contributed by atoms with E-state index in [2.05, 4.69) is 27.7 Å². The van der Waals surface area contributed by atoms with Crippen molar-refractivity contribution < 1.29 is 28.6 Å². The number of ether oxygens (including phenoxy) is 3. The molecule has 0 aliphatic carbocycles. The van der Waals surface area contributed by atoms with Gasteiger partial charge in [-0.15, -0.1) is 0 Å². The van der Waals surface area contributed by atoms with Crippen LogP contribution < -0.4 is 0 Å². The van der Waals surface area contributed by atoms with Gasteiger partial charge in [0, 0.05) is 19.3 Å². The third-order valence-corrected chi connectivity index (χ3v) is 12.5. The smallest absolute Gasteiger partial charge is 0.306 e. The summed E-state index contributed by atoms with van der Waals surface area (Å²) in [6, 6.07) is 0. The zero-order valence-corrected chi connectivity index (χ0v) is 41.6. The van der Waals surface area contributed by atoms with Crippen LogP contribution in [0.4, 0.5) is 0 Å². The van der Waals surface area contributed by atoms with Crippen LogP contribution in [0.2, 0.25) is 0 Å². The lowest BCUT2D eigenvalue weighted by Crippen LogP contribution is -2.30. The molecule has 61 heavy (non-hydrogen) atoms. The fourth-order valence-electron chi connectivity index (χ4n) is 8.39. The van der Waals surface area contributed by atoms with Crippen LogP contribution in [-0.4, -0.2) is 37.2 Å². The lowest BCUT2D eigenvalue weighted by atomic mass is 10.0. The average Bonchev–Trinajstić information content (AvgIpc) is 3.24. The van der Waals surface area contributed by atoms with Crippen molar-refractivity contribution in [1.29, 1.82) is 0 Å². The van der Waals surface area contributed by atoms with Gasteiger partial charge in [0.25, 0.3) is 0 Å². The SMILES string of the molecule is CCCCCCCCCCCCCCCCCCC(=O)OC[C@H](COC(=O)CCCCCCCCCCCCCCCCC)OC(=O)CCCCCCCCCCCC(C)C. The highest BCUT2D eigenvalue weighted by molar-refractivity contribution is 5.71. The van der Waals surface area contributed by atoms with Crippen molar-refractivity contribution in [3.05, 3.63) is 0 Å². The third-order valence-electron chi connectivity index (χ3n) is 12.5. The van der Waals surface area contributed by atoms with E-state index < -0.39 is 6.10 Å². The van der Waals surface area contributed by atoms with E-state index >= 15 is 0 Å². The van der Waals surface area contributed by atoms with Crippen LogP contribution >= 0.6 is 0 Å². The summed E-state index contributed by atoms with van der Waals surface area (Å²) in [5.74, 6) is -0.0351. The predicted octanol–water partition coefficient (Wildman–Crippen LogP) is 17.8. The van der Waals surface area contributed by atoms with Gasteiger partial charge in [0.2, 0.25) is 0 Å². The van der Waals surface area contributed by atoms with Gasteiger partial charge in [-0.2, -0.15) is 0 Å². The van der Waals surface area contributed by atoms with E-state index in [4.69, 9.17) is 14.2 Å². The predicted molar refractivity (Wildman–Crippen MR) is 261 cm³/mol. The van der Waals surface area contributed by atoms with Crippen LogP contribution in [0.1, 0.15) is 310 Å². The minimum absolute atomic E-state index is 0.0627. The normalized spacial score (nSPS) is 12.0. The van der Waals surface area contributed by atoms with Crippen molar-refractivity contribution in [2.45, 2.75) is 316 Å². The first-order chi connectivity index (χ1) is 29.9. The molecule has 0 bridgehead atoms. The van der Waals surface area contributed by atoms with Crippen molar-refractivity contribution >= 4 is 17.9 Å². The van der Waals surface area contributed by atoms with Crippen molar-refractivity contribution in [3.63, 3.8) is 0 Å². The standard InChI is InChI=1S/C55H106O6/c1-5-7-9-11-13-15-17-19-21-23-25-27-31-35-39-43-47-54(57)60-50-52(61-55(58)48-44-40-36-32-28-29-33-37-41-45-51(3)4)49-59-53(56)46-42-38-34-30-26-24-22-20-18-16-14-12-10-8-6-2/h51-52H,5-50H2,1-4H3/t52-/m0/s1. The monoisotopic (exact) mass is 863 g/mol. The Morgan fingerprint density at radius 1 is 0.311 bits per heavy atom. The minimum atomic E-state index is -0.761. The molecule has 362 valence electrons. The molecular formula is C55H106O6. The number of carbonyl (C=O) groups excluding carboxylic acids is 3. The summed E-state index contributed by atoms with van der Waals surface area (Å²) in [6.45, 7) is 9.02. The number of rotatable bonds is 50. The highest BCUT2D eigenvalue weighted by Gasteiger charge is 2.19. The molecule has 0 heterocycles. The lowest BCUT2D eigenvalue weighted by Gasteiger charge is -2.18. The molecule has 0 aliphatic rings. The Bertz CT molecular complexity index is 918. The first-order valence-electron chi connectivity index (χ1n) is 27.4. The molecule has 0 aliphatic heterocycles. The Labute approximate surface area is 380 Å². The summed E-state index contributed by atoms with van der Waals surface area (Å²) < 4.78 is 16.8. The van der Waals surface area contributed by atoms with Gasteiger partial charge in [0.05, 0.1) is 0 Å². The van der Waals surface area contributed by atoms with Crippen molar-refractivity contribution in [2.24, 2.45) is 5.92 Å². The summed E-state index contributed by atoms with van der Waals surface area (Å²) >= 11 is 0. The molecular weight excluding hydrogens is 757 g/mol. The molecule has 0 aromatic heterocycles. The van der Waals surface area contributed by atoms with E-state index in [1.54, 1.807) is 0 Å². The Morgan fingerprint density at radius 2 is 0.541 bits per heavy atom. The van der Waals surface area contributed by atoms with Crippen LogP contribution in [0.5, 0.6) is 0 Å². The van der Waals surface area contributed by atoms with E-state index in [0.29, 0.717) is 19.3 Å². The number of unbranched alkanes of at least 4 members (excludes halogenated alkanes) is 37. The molecule has 0 amide bonds. The second kappa shape index (κ2) is 49.4. The first-order valence-corrected chi connectivity index (χ1v) is 27.4. The average molecular weight is 863 g/mol. The molecule has 0 saturated heterocycles. The summed E-state index contributed by atoms with van der Waals surface area (Å²) in [5.41, 5.74) is 0. The maximum Gasteiger partial charge on any atom is 0.306 e. The second-order valence-electron chi connectivity index (χ2n) is 19.3. The molecule has 1 atom stereocenters. The maximum absolute atomic E-state index is 12.8. The molecule has 0 fully saturated rings. The van der Waals surface area contributed by atoms with E-state index in [1.807, 2.05) is 0 Å². The zero-order chi connectivity index (χ0) is 44.5.